The quantitative estimate of drug-likeness (QED) is 0.748. The zero-order valence-electron chi connectivity index (χ0n) is 7.08. The van der Waals surface area contributed by atoms with E-state index in [4.69, 9.17) is 15.9 Å². The van der Waals surface area contributed by atoms with E-state index in [9.17, 15) is 8.42 Å². The number of benzene rings is 1. The lowest BCUT2D eigenvalue weighted by Crippen LogP contribution is -1.94. The van der Waals surface area contributed by atoms with Crippen LogP contribution in [0.4, 0.5) is 0 Å². The van der Waals surface area contributed by atoms with Crippen LogP contribution in [-0.4, -0.2) is 8.42 Å². The van der Waals surface area contributed by atoms with Gasteiger partial charge in [-0.15, -0.1) is 0 Å². The van der Waals surface area contributed by atoms with E-state index in [1.54, 1.807) is 6.92 Å². The van der Waals surface area contributed by atoms with Gasteiger partial charge in [0.25, 0.3) is 9.05 Å². The minimum atomic E-state index is -3.78. The first-order valence-corrected chi connectivity index (χ1v) is 6.61. The van der Waals surface area contributed by atoms with Crippen LogP contribution in [0, 0.1) is 18.3 Å². The van der Waals surface area contributed by atoms with E-state index in [2.05, 4.69) is 15.9 Å². The van der Waals surface area contributed by atoms with E-state index in [1.807, 2.05) is 6.07 Å². The van der Waals surface area contributed by atoms with Crippen molar-refractivity contribution in [1.82, 2.24) is 0 Å². The fourth-order valence-corrected chi connectivity index (χ4v) is 2.31. The first-order chi connectivity index (χ1) is 6.36. The van der Waals surface area contributed by atoms with Gasteiger partial charge in [0, 0.05) is 15.2 Å². The molecule has 0 aliphatic rings. The van der Waals surface area contributed by atoms with Crippen LogP contribution in [0.25, 0.3) is 0 Å². The lowest BCUT2D eigenvalue weighted by atomic mass is 10.1. The molecule has 0 aliphatic heterocycles. The second-order valence-corrected chi connectivity index (χ2v) is 6.05. The summed E-state index contributed by atoms with van der Waals surface area (Å²) in [6.45, 7) is 1.72. The molecule has 14 heavy (non-hydrogen) atoms. The molecule has 3 nitrogen and oxygen atoms in total. The summed E-state index contributed by atoms with van der Waals surface area (Å²) < 4.78 is 22.6. The van der Waals surface area contributed by atoms with Crippen molar-refractivity contribution in [3.63, 3.8) is 0 Å². The summed E-state index contributed by atoms with van der Waals surface area (Å²) in [6.07, 6.45) is 0. The zero-order valence-corrected chi connectivity index (χ0v) is 10.2. The van der Waals surface area contributed by atoms with Gasteiger partial charge in [0.05, 0.1) is 16.5 Å². The molecule has 0 aliphatic carbocycles. The molecule has 0 unspecified atom stereocenters. The van der Waals surface area contributed by atoms with Gasteiger partial charge in [-0.25, -0.2) is 8.42 Å². The highest BCUT2D eigenvalue weighted by molar-refractivity contribution is 9.10. The smallest absolute Gasteiger partial charge is 0.207 e. The molecule has 0 N–H and O–H groups in total. The molecule has 1 rings (SSSR count). The van der Waals surface area contributed by atoms with Crippen molar-refractivity contribution < 1.29 is 8.42 Å². The van der Waals surface area contributed by atoms with Crippen LogP contribution in [0.2, 0.25) is 0 Å². The molecular weight excluding hydrogens is 290 g/mol. The Balaban J connectivity index is 3.56. The molecule has 6 heteroatoms. The van der Waals surface area contributed by atoms with Crippen molar-refractivity contribution in [2.75, 3.05) is 0 Å². The number of hydrogen-bond acceptors (Lipinski definition) is 3. The Morgan fingerprint density at radius 3 is 2.50 bits per heavy atom. The Morgan fingerprint density at radius 2 is 2.07 bits per heavy atom. The third-order valence-corrected chi connectivity index (χ3v) is 3.88. The van der Waals surface area contributed by atoms with Crippen molar-refractivity contribution in [2.45, 2.75) is 11.8 Å². The summed E-state index contributed by atoms with van der Waals surface area (Å²) in [5.74, 6) is 0. The highest BCUT2D eigenvalue weighted by Crippen LogP contribution is 2.26. The standard InChI is InChI=1S/C8H5BrClNO2S/c1-5-6(4-11)2-7(3-8(5)9)14(10,12)13/h2-3H,1H3. The Bertz CT molecular complexity index is 519. The summed E-state index contributed by atoms with van der Waals surface area (Å²) in [6, 6.07) is 4.52. The number of nitriles is 1. The maximum atomic E-state index is 11.0. The SMILES string of the molecule is Cc1c(Br)cc(S(=O)(=O)Cl)cc1C#N. The summed E-state index contributed by atoms with van der Waals surface area (Å²) in [5.41, 5.74) is 0.982. The minimum Gasteiger partial charge on any atom is -0.207 e. The first kappa shape index (κ1) is 11.5. The normalized spacial score (nSPS) is 11.0. The Hall–Kier alpha value is -0.570. The number of nitrogens with zero attached hydrogens (tertiary/aromatic N) is 1. The average Bonchev–Trinajstić information content (AvgIpc) is 2.07. The largest absolute Gasteiger partial charge is 0.261 e. The van der Waals surface area contributed by atoms with Crippen molar-refractivity contribution in [1.29, 1.82) is 5.26 Å². The Labute approximate surface area is 94.9 Å². The number of hydrogen-bond donors (Lipinski definition) is 0. The van der Waals surface area contributed by atoms with Crippen molar-refractivity contribution in [3.05, 3.63) is 27.7 Å². The van der Waals surface area contributed by atoms with E-state index in [1.165, 1.54) is 12.1 Å². The predicted molar refractivity (Wildman–Crippen MR) is 56.6 cm³/mol. The van der Waals surface area contributed by atoms with E-state index < -0.39 is 9.05 Å². The summed E-state index contributed by atoms with van der Waals surface area (Å²) in [4.78, 5) is -0.0757. The highest BCUT2D eigenvalue weighted by atomic mass is 79.9. The summed E-state index contributed by atoms with van der Waals surface area (Å²) >= 11 is 3.16. The molecule has 0 spiro atoms. The van der Waals surface area contributed by atoms with E-state index in [0.29, 0.717) is 15.6 Å². The molecule has 0 aromatic heterocycles. The third-order valence-electron chi connectivity index (χ3n) is 1.72. The molecule has 0 fully saturated rings. The van der Waals surface area contributed by atoms with E-state index in [0.717, 1.165) is 0 Å². The van der Waals surface area contributed by atoms with Gasteiger partial charge in [-0.3, -0.25) is 0 Å². The van der Waals surface area contributed by atoms with Gasteiger partial charge in [-0.1, -0.05) is 15.9 Å². The van der Waals surface area contributed by atoms with Gasteiger partial charge < -0.3 is 0 Å². The molecule has 0 saturated carbocycles. The van der Waals surface area contributed by atoms with Crippen molar-refractivity contribution in [3.8, 4) is 6.07 Å². The second kappa shape index (κ2) is 3.89. The van der Waals surface area contributed by atoms with Crippen molar-refractivity contribution in [2.24, 2.45) is 0 Å². The maximum Gasteiger partial charge on any atom is 0.261 e. The van der Waals surface area contributed by atoms with Crippen LogP contribution >= 0.6 is 26.6 Å². The third kappa shape index (κ3) is 2.27. The molecule has 0 saturated heterocycles. The van der Waals surface area contributed by atoms with Crippen LogP contribution in [0.5, 0.6) is 0 Å². The van der Waals surface area contributed by atoms with Crippen LogP contribution < -0.4 is 0 Å². The number of rotatable bonds is 1. The van der Waals surface area contributed by atoms with Crippen LogP contribution in [0.3, 0.4) is 0 Å². The monoisotopic (exact) mass is 293 g/mol. The van der Waals surface area contributed by atoms with Gasteiger partial charge in [0.1, 0.15) is 0 Å². The van der Waals surface area contributed by atoms with Gasteiger partial charge in [0.2, 0.25) is 0 Å². The molecule has 0 radical (unpaired) electrons. The zero-order chi connectivity index (χ0) is 10.9. The lowest BCUT2D eigenvalue weighted by molar-refractivity contribution is 0.609. The van der Waals surface area contributed by atoms with Gasteiger partial charge in [-0.2, -0.15) is 5.26 Å². The molecule has 0 bridgehead atoms. The second-order valence-electron chi connectivity index (χ2n) is 2.63. The van der Waals surface area contributed by atoms with Crippen molar-refractivity contribution >= 4 is 35.7 Å². The van der Waals surface area contributed by atoms with E-state index in [-0.39, 0.29) is 4.90 Å². The van der Waals surface area contributed by atoms with E-state index >= 15 is 0 Å². The predicted octanol–water partition coefficient (Wildman–Crippen LogP) is 2.56. The molecule has 1 aromatic rings. The molecule has 74 valence electrons. The molecule has 0 atom stereocenters. The van der Waals surface area contributed by atoms with Crippen LogP contribution in [0.15, 0.2) is 21.5 Å². The Morgan fingerprint density at radius 1 is 1.50 bits per heavy atom. The lowest BCUT2D eigenvalue weighted by Gasteiger charge is -2.03. The average molecular weight is 295 g/mol. The summed E-state index contributed by atoms with van der Waals surface area (Å²) in [5, 5.41) is 8.72. The topological polar surface area (TPSA) is 57.9 Å². The fourth-order valence-electron chi connectivity index (χ4n) is 0.911. The molecule has 1 aromatic carbocycles. The summed E-state index contributed by atoms with van der Waals surface area (Å²) in [7, 11) is 1.37. The maximum absolute atomic E-state index is 11.0. The molecule has 0 heterocycles. The van der Waals surface area contributed by atoms with Gasteiger partial charge in [0.15, 0.2) is 0 Å². The Kier molecular flexibility index (Phi) is 3.20. The van der Waals surface area contributed by atoms with Gasteiger partial charge >= 0.3 is 0 Å². The molecule has 0 amide bonds. The van der Waals surface area contributed by atoms with Gasteiger partial charge in [-0.05, 0) is 24.6 Å². The highest BCUT2D eigenvalue weighted by Gasteiger charge is 2.14. The minimum absolute atomic E-state index is 0.0757. The first-order valence-electron chi connectivity index (χ1n) is 3.51. The van der Waals surface area contributed by atoms with Crippen LogP contribution in [0.1, 0.15) is 11.1 Å². The molecular formula is C8H5BrClNO2S. The fraction of sp³-hybridized carbons (Fsp3) is 0.125. The van der Waals surface area contributed by atoms with Crippen LogP contribution in [-0.2, 0) is 9.05 Å². The number of halogens is 2.